The van der Waals surface area contributed by atoms with E-state index in [-0.39, 0.29) is 0 Å². The smallest absolute Gasteiger partial charge is 0.414 e. The summed E-state index contributed by atoms with van der Waals surface area (Å²) in [5.41, 5.74) is 1.26. The average molecular weight is 339 g/mol. The van der Waals surface area contributed by atoms with Crippen molar-refractivity contribution >= 4 is 11.9 Å². The zero-order valence-electron chi connectivity index (χ0n) is 14.3. The molecular weight excluding hydrogens is 314 g/mol. The van der Waals surface area contributed by atoms with Gasteiger partial charge < -0.3 is 19.7 Å². The van der Waals surface area contributed by atoms with Crippen LogP contribution in [0.5, 0.6) is 5.75 Å². The normalized spacial score (nSPS) is 20.6. The van der Waals surface area contributed by atoms with Crippen molar-refractivity contribution in [3.63, 3.8) is 0 Å². The Bertz CT molecular complexity index is 508. The van der Waals surface area contributed by atoms with Crippen LogP contribution in [0.2, 0.25) is 0 Å². The Morgan fingerprint density at radius 3 is 2.08 bits per heavy atom. The summed E-state index contributed by atoms with van der Waals surface area (Å²) < 4.78 is 11.5. The standard InChI is InChI=1S/C15H23NO2.C2H2O4/c1-12-4-6-15(7-5-12)17-9-8-16-10-13(2)18-14(3)11-16;3-1(4)2(5)6/h4-7,13-14H,8-11H2,1-3H3;(H,3,4)(H,5,6). The molecule has 2 N–H and O–H groups in total. The number of morpholine rings is 1. The van der Waals surface area contributed by atoms with Gasteiger partial charge in [0.15, 0.2) is 0 Å². The number of carboxylic acid groups (broad SMARTS) is 2. The lowest BCUT2D eigenvalue weighted by atomic mass is 10.2. The molecule has 7 nitrogen and oxygen atoms in total. The Hall–Kier alpha value is -2.12. The lowest BCUT2D eigenvalue weighted by molar-refractivity contribution is -0.159. The van der Waals surface area contributed by atoms with E-state index in [0.29, 0.717) is 12.2 Å². The summed E-state index contributed by atoms with van der Waals surface area (Å²) in [6.07, 6.45) is 0.654. The molecule has 134 valence electrons. The zero-order chi connectivity index (χ0) is 18.1. The van der Waals surface area contributed by atoms with Gasteiger partial charge in [0.1, 0.15) is 12.4 Å². The van der Waals surface area contributed by atoms with Crippen LogP contribution in [-0.4, -0.2) is 65.5 Å². The lowest BCUT2D eigenvalue weighted by Gasteiger charge is -2.35. The summed E-state index contributed by atoms with van der Waals surface area (Å²) in [7, 11) is 0. The van der Waals surface area contributed by atoms with Gasteiger partial charge in [-0.3, -0.25) is 4.90 Å². The first-order valence-corrected chi connectivity index (χ1v) is 7.81. The van der Waals surface area contributed by atoms with Crippen LogP contribution in [0.15, 0.2) is 24.3 Å². The summed E-state index contributed by atoms with van der Waals surface area (Å²) in [6.45, 7) is 10.0. The number of hydrogen-bond donors (Lipinski definition) is 2. The number of rotatable bonds is 4. The molecule has 24 heavy (non-hydrogen) atoms. The van der Waals surface area contributed by atoms with Gasteiger partial charge in [-0.05, 0) is 32.9 Å². The van der Waals surface area contributed by atoms with Gasteiger partial charge in [0.05, 0.1) is 12.2 Å². The van der Waals surface area contributed by atoms with Gasteiger partial charge in [0.2, 0.25) is 0 Å². The van der Waals surface area contributed by atoms with E-state index in [9.17, 15) is 0 Å². The van der Waals surface area contributed by atoms with Crippen molar-refractivity contribution < 1.29 is 29.3 Å². The summed E-state index contributed by atoms with van der Waals surface area (Å²) in [4.78, 5) is 20.6. The van der Waals surface area contributed by atoms with E-state index in [1.807, 2.05) is 12.1 Å². The van der Waals surface area contributed by atoms with E-state index in [1.165, 1.54) is 5.56 Å². The van der Waals surface area contributed by atoms with Gasteiger partial charge >= 0.3 is 11.9 Å². The van der Waals surface area contributed by atoms with Gasteiger partial charge in [-0.1, -0.05) is 17.7 Å². The van der Waals surface area contributed by atoms with Crippen LogP contribution in [0.1, 0.15) is 19.4 Å². The molecule has 0 aromatic heterocycles. The molecule has 1 heterocycles. The van der Waals surface area contributed by atoms with Gasteiger partial charge in [-0.15, -0.1) is 0 Å². The molecule has 7 heteroatoms. The van der Waals surface area contributed by atoms with Crippen molar-refractivity contribution in [1.29, 1.82) is 0 Å². The first-order valence-electron chi connectivity index (χ1n) is 7.81. The van der Waals surface area contributed by atoms with Gasteiger partial charge in [0, 0.05) is 19.6 Å². The molecular formula is C17H25NO6. The molecule has 1 aromatic rings. The van der Waals surface area contributed by atoms with Crippen molar-refractivity contribution in [2.75, 3.05) is 26.2 Å². The van der Waals surface area contributed by atoms with Gasteiger partial charge in [-0.2, -0.15) is 0 Å². The van der Waals surface area contributed by atoms with Gasteiger partial charge in [-0.25, -0.2) is 9.59 Å². The summed E-state index contributed by atoms with van der Waals surface area (Å²) in [6, 6.07) is 8.21. The topological polar surface area (TPSA) is 96.3 Å². The highest BCUT2D eigenvalue weighted by molar-refractivity contribution is 6.27. The number of aryl methyl sites for hydroxylation is 1. The number of ether oxygens (including phenoxy) is 2. The zero-order valence-corrected chi connectivity index (χ0v) is 14.3. The molecule has 0 saturated carbocycles. The quantitative estimate of drug-likeness (QED) is 0.805. The van der Waals surface area contributed by atoms with Crippen LogP contribution >= 0.6 is 0 Å². The largest absolute Gasteiger partial charge is 0.492 e. The van der Waals surface area contributed by atoms with Crippen LogP contribution in [0.4, 0.5) is 0 Å². The third kappa shape index (κ3) is 7.94. The predicted octanol–water partition coefficient (Wildman–Crippen LogP) is 1.64. The molecule has 2 rings (SSSR count). The van der Waals surface area contributed by atoms with Crippen molar-refractivity contribution in [1.82, 2.24) is 4.90 Å². The summed E-state index contributed by atoms with van der Waals surface area (Å²) in [5.74, 6) is -2.69. The Morgan fingerprint density at radius 2 is 1.62 bits per heavy atom. The molecule has 1 aliphatic heterocycles. The molecule has 0 aliphatic carbocycles. The number of benzene rings is 1. The van der Waals surface area contributed by atoms with Crippen LogP contribution in [0, 0.1) is 6.92 Å². The highest BCUT2D eigenvalue weighted by atomic mass is 16.5. The number of hydrogen-bond acceptors (Lipinski definition) is 5. The monoisotopic (exact) mass is 339 g/mol. The lowest BCUT2D eigenvalue weighted by Crippen LogP contribution is -2.46. The molecule has 0 radical (unpaired) electrons. The number of carbonyl (C=O) groups is 2. The minimum absolute atomic E-state index is 0.327. The Kier molecular flexibility index (Phi) is 8.21. The molecule has 1 fully saturated rings. The van der Waals surface area contributed by atoms with Crippen molar-refractivity contribution in [3.05, 3.63) is 29.8 Å². The molecule has 1 saturated heterocycles. The molecule has 0 spiro atoms. The number of carboxylic acids is 2. The number of nitrogens with zero attached hydrogens (tertiary/aromatic N) is 1. The maximum atomic E-state index is 9.10. The second-order valence-electron chi connectivity index (χ2n) is 5.79. The maximum Gasteiger partial charge on any atom is 0.414 e. The molecule has 2 unspecified atom stereocenters. The minimum Gasteiger partial charge on any atom is -0.492 e. The molecule has 0 bridgehead atoms. The van der Waals surface area contributed by atoms with Crippen molar-refractivity contribution in [2.24, 2.45) is 0 Å². The van der Waals surface area contributed by atoms with E-state index in [4.69, 9.17) is 29.3 Å². The van der Waals surface area contributed by atoms with Crippen LogP contribution < -0.4 is 4.74 Å². The Balaban J connectivity index is 0.000000413. The highest BCUT2D eigenvalue weighted by Gasteiger charge is 2.21. The van der Waals surface area contributed by atoms with E-state index in [1.54, 1.807) is 0 Å². The fraction of sp³-hybridized carbons (Fsp3) is 0.529. The second kappa shape index (κ2) is 9.89. The van der Waals surface area contributed by atoms with Gasteiger partial charge in [0.25, 0.3) is 0 Å². The van der Waals surface area contributed by atoms with Crippen molar-refractivity contribution in [3.8, 4) is 5.75 Å². The molecule has 0 amide bonds. The first kappa shape index (κ1) is 19.9. The van der Waals surface area contributed by atoms with E-state index in [0.717, 1.165) is 32.0 Å². The van der Waals surface area contributed by atoms with E-state index >= 15 is 0 Å². The average Bonchev–Trinajstić information content (AvgIpc) is 2.49. The molecule has 1 aliphatic rings. The van der Waals surface area contributed by atoms with Crippen molar-refractivity contribution in [2.45, 2.75) is 33.0 Å². The minimum atomic E-state index is -1.82. The van der Waals surface area contributed by atoms with Crippen LogP contribution in [0.3, 0.4) is 0 Å². The number of aliphatic carboxylic acids is 2. The van der Waals surface area contributed by atoms with Crippen LogP contribution in [-0.2, 0) is 14.3 Å². The third-order valence-corrected chi connectivity index (χ3v) is 3.38. The van der Waals surface area contributed by atoms with E-state index < -0.39 is 11.9 Å². The summed E-state index contributed by atoms with van der Waals surface area (Å²) >= 11 is 0. The van der Waals surface area contributed by atoms with E-state index in [2.05, 4.69) is 37.8 Å². The predicted molar refractivity (Wildman–Crippen MR) is 88.4 cm³/mol. The Labute approximate surface area is 141 Å². The third-order valence-electron chi connectivity index (χ3n) is 3.38. The summed E-state index contributed by atoms with van der Waals surface area (Å²) in [5, 5.41) is 14.8. The molecule has 2 atom stereocenters. The molecule has 1 aromatic carbocycles. The van der Waals surface area contributed by atoms with Crippen LogP contribution in [0.25, 0.3) is 0 Å². The SMILES string of the molecule is Cc1ccc(OCCN2CC(C)OC(C)C2)cc1.O=C(O)C(=O)O. The Morgan fingerprint density at radius 1 is 1.12 bits per heavy atom. The highest BCUT2D eigenvalue weighted by Crippen LogP contribution is 2.13. The fourth-order valence-corrected chi connectivity index (χ4v) is 2.39. The second-order valence-corrected chi connectivity index (χ2v) is 5.79. The first-order chi connectivity index (χ1) is 11.3. The maximum absolute atomic E-state index is 9.10. The fourth-order valence-electron chi connectivity index (χ4n) is 2.39.